The van der Waals surface area contributed by atoms with Crippen molar-refractivity contribution < 1.29 is 9.22 Å². The number of fused-ring (bicyclic) bond motifs is 1. The fraction of sp³-hybridized carbons (Fsp3) is 0.923. The molecule has 2 atom stereocenters. The normalized spacial score (nSPS) is 29.9. The lowest BCUT2D eigenvalue weighted by Gasteiger charge is -2.39. The minimum atomic E-state index is -1.69. The van der Waals surface area contributed by atoms with Crippen molar-refractivity contribution in [1.29, 1.82) is 0 Å². The number of rotatable bonds is 2. The van der Waals surface area contributed by atoms with Crippen LogP contribution in [0.4, 0.5) is 0 Å². The molecule has 2 saturated heterocycles. The lowest BCUT2D eigenvalue weighted by Crippen LogP contribution is -2.46. The molecule has 1 amide bonds. The summed E-state index contributed by atoms with van der Waals surface area (Å²) < 4.78 is 6.47. The molecule has 4 heteroatoms. The van der Waals surface area contributed by atoms with Gasteiger partial charge in [-0.25, -0.2) is 0 Å². The van der Waals surface area contributed by atoms with Gasteiger partial charge in [0, 0.05) is 13.0 Å². The minimum Gasteiger partial charge on any atom is -0.412 e. The van der Waals surface area contributed by atoms with Gasteiger partial charge in [0.1, 0.15) is 0 Å². The summed E-state index contributed by atoms with van der Waals surface area (Å²) >= 11 is 0. The van der Waals surface area contributed by atoms with Crippen molar-refractivity contribution in [3.63, 3.8) is 0 Å². The SMILES string of the molecule is CC(C)(C)[Si](C)(C)O[C@@H]1CCN2C(=O)CC[C@@H]12. The van der Waals surface area contributed by atoms with Crippen LogP contribution < -0.4 is 0 Å². The van der Waals surface area contributed by atoms with Crippen LogP contribution in [0.1, 0.15) is 40.0 Å². The van der Waals surface area contributed by atoms with Crippen molar-refractivity contribution in [2.45, 2.75) is 70.3 Å². The van der Waals surface area contributed by atoms with E-state index in [1.165, 1.54) is 0 Å². The Balaban J connectivity index is 2.04. The summed E-state index contributed by atoms with van der Waals surface area (Å²) in [5.41, 5.74) is 0. The van der Waals surface area contributed by atoms with Gasteiger partial charge in [-0.2, -0.15) is 0 Å². The Morgan fingerprint density at radius 2 is 1.94 bits per heavy atom. The molecule has 2 rings (SSSR count). The highest BCUT2D eigenvalue weighted by molar-refractivity contribution is 6.74. The smallest absolute Gasteiger partial charge is 0.222 e. The van der Waals surface area contributed by atoms with E-state index in [4.69, 9.17) is 4.43 Å². The van der Waals surface area contributed by atoms with E-state index >= 15 is 0 Å². The Bertz CT molecular complexity index is 322. The summed E-state index contributed by atoms with van der Waals surface area (Å²) in [5.74, 6) is 0.330. The molecule has 0 spiro atoms. The summed E-state index contributed by atoms with van der Waals surface area (Å²) in [4.78, 5) is 13.7. The molecule has 3 nitrogen and oxygen atoms in total. The summed E-state index contributed by atoms with van der Waals surface area (Å²) in [6, 6.07) is 0.372. The van der Waals surface area contributed by atoms with E-state index in [0.29, 0.717) is 18.1 Å². The first kappa shape index (κ1) is 13.1. The van der Waals surface area contributed by atoms with Crippen LogP contribution in [0.5, 0.6) is 0 Å². The van der Waals surface area contributed by atoms with Crippen LogP contribution in [0.2, 0.25) is 18.1 Å². The number of carbonyl (C=O) groups is 1. The first-order chi connectivity index (χ1) is 7.72. The molecule has 0 aromatic rings. The van der Waals surface area contributed by atoms with Crippen LogP contribution in [-0.4, -0.2) is 37.8 Å². The highest BCUT2D eigenvalue weighted by Crippen LogP contribution is 2.40. The molecule has 0 aromatic carbocycles. The van der Waals surface area contributed by atoms with E-state index in [1.54, 1.807) is 0 Å². The lowest BCUT2D eigenvalue weighted by atomic mass is 10.1. The molecule has 2 aliphatic heterocycles. The average molecular weight is 255 g/mol. The second kappa shape index (κ2) is 4.09. The van der Waals surface area contributed by atoms with E-state index in [1.807, 2.05) is 4.90 Å². The Labute approximate surface area is 106 Å². The zero-order valence-electron chi connectivity index (χ0n) is 11.7. The van der Waals surface area contributed by atoms with Crippen molar-refractivity contribution in [1.82, 2.24) is 4.90 Å². The maximum atomic E-state index is 11.6. The molecule has 98 valence electrons. The first-order valence-electron chi connectivity index (χ1n) is 6.70. The molecule has 0 unspecified atom stereocenters. The van der Waals surface area contributed by atoms with Crippen LogP contribution in [0.15, 0.2) is 0 Å². The van der Waals surface area contributed by atoms with Crippen LogP contribution in [0, 0.1) is 0 Å². The predicted octanol–water partition coefficient (Wildman–Crippen LogP) is 2.77. The molecule has 0 N–H and O–H groups in total. The van der Waals surface area contributed by atoms with Gasteiger partial charge in [0.25, 0.3) is 0 Å². The maximum absolute atomic E-state index is 11.6. The van der Waals surface area contributed by atoms with E-state index in [-0.39, 0.29) is 5.04 Å². The van der Waals surface area contributed by atoms with Gasteiger partial charge < -0.3 is 9.33 Å². The van der Waals surface area contributed by atoms with Gasteiger partial charge in [-0.05, 0) is 31.0 Å². The number of hydrogen-bond acceptors (Lipinski definition) is 2. The third-order valence-electron chi connectivity index (χ3n) is 4.71. The second-order valence-electron chi connectivity index (χ2n) is 6.90. The molecular weight excluding hydrogens is 230 g/mol. The topological polar surface area (TPSA) is 29.5 Å². The highest BCUT2D eigenvalue weighted by Gasteiger charge is 2.46. The van der Waals surface area contributed by atoms with Gasteiger partial charge in [0.2, 0.25) is 5.91 Å². The maximum Gasteiger partial charge on any atom is 0.222 e. The van der Waals surface area contributed by atoms with Crippen molar-refractivity contribution in [3.05, 3.63) is 0 Å². The zero-order chi connectivity index (χ0) is 12.8. The van der Waals surface area contributed by atoms with Gasteiger partial charge in [0.15, 0.2) is 8.32 Å². The molecule has 2 fully saturated rings. The largest absolute Gasteiger partial charge is 0.412 e. The minimum absolute atomic E-state index is 0.253. The molecule has 17 heavy (non-hydrogen) atoms. The standard InChI is InChI=1S/C13H25NO2Si/c1-13(2,3)17(4,5)16-11-8-9-14-10(11)6-7-12(14)15/h10-11H,6-9H2,1-5H3/t10-,11+/m0/s1. The van der Waals surface area contributed by atoms with E-state index in [0.717, 1.165) is 25.8 Å². The van der Waals surface area contributed by atoms with Gasteiger partial charge >= 0.3 is 0 Å². The van der Waals surface area contributed by atoms with Gasteiger partial charge in [-0.15, -0.1) is 0 Å². The Kier molecular flexibility index (Phi) is 3.15. The van der Waals surface area contributed by atoms with E-state index in [9.17, 15) is 4.79 Å². The molecule has 0 bridgehead atoms. The molecule has 2 aliphatic rings. The molecule has 0 saturated carbocycles. The van der Waals surface area contributed by atoms with E-state index < -0.39 is 8.32 Å². The fourth-order valence-corrected chi connectivity index (χ4v) is 3.97. The zero-order valence-corrected chi connectivity index (χ0v) is 12.7. The van der Waals surface area contributed by atoms with E-state index in [2.05, 4.69) is 33.9 Å². The van der Waals surface area contributed by atoms with Crippen molar-refractivity contribution >= 4 is 14.2 Å². The quantitative estimate of drug-likeness (QED) is 0.710. The summed E-state index contributed by atoms with van der Waals surface area (Å²) in [6.45, 7) is 12.3. The summed E-state index contributed by atoms with van der Waals surface area (Å²) in [6.07, 6.45) is 3.05. The molecule has 0 aliphatic carbocycles. The van der Waals surface area contributed by atoms with Crippen LogP contribution in [0.25, 0.3) is 0 Å². The average Bonchev–Trinajstić information content (AvgIpc) is 2.70. The lowest BCUT2D eigenvalue weighted by molar-refractivity contribution is -0.128. The highest BCUT2D eigenvalue weighted by atomic mass is 28.4. The third kappa shape index (κ3) is 2.29. The Morgan fingerprint density at radius 1 is 1.29 bits per heavy atom. The summed E-state index contributed by atoms with van der Waals surface area (Å²) in [7, 11) is -1.69. The van der Waals surface area contributed by atoms with Crippen LogP contribution in [0.3, 0.4) is 0 Å². The Morgan fingerprint density at radius 3 is 2.53 bits per heavy atom. The third-order valence-corrected chi connectivity index (χ3v) is 9.21. The molecular formula is C13H25NO2Si. The van der Waals surface area contributed by atoms with Crippen molar-refractivity contribution in [2.75, 3.05) is 6.54 Å². The van der Waals surface area contributed by atoms with Crippen LogP contribution in [-0.2, 0) is 9.22 Å². The number of hydrogen-bond donors (Lipinski definition) is 0. The number of amides is 1. The molecule has 0 aromatic heterocycles. The van der Waals surface area contributed by atoms with Gasteiger partial charge in [-0.3, -0.25) is 4.79 Å². The number of carbonyl (C=O) groups excluding carboxylic acids is 1. The summed E-state index contributed by atoms with van der Waals surface area (Å²) in [5, 5.41) is 0.253. The van der Waals surface area contributed by atoms with Crippen molar-refractivity contribution in [2.24, 2.45) is 0 Å². The molecule has 0 radical (unpaired) electrons. The number of nitrogens with zero attached hydrogens (tertiary/aromatic N) is 1. The molecule has 2 heterocycles. The van der Waals surface area contributed by atoms with Gasteiger partial charge in [0.05, 0.1) is 12.1 Å². The monoisotopic (exact) mass is 255 g/mol. The fourth-order valence-electron chi connectivity index (χ4n) is 2.58. The van der Waals surface area contributed by atoms with Gasteiger partial charge in [-0.1, -0.05) is 20.8 Å². The first-order valence-corrected chi connectivity index (χ1v) is 9.60. The van der Waals surface area contributed by atoms with Crippen LogP contribution >= 0.6 is 0 Å². The van der Waals surface area contributed by atoms with Crippen molar-refractivity contribution in [3.8, 4) is 0 Å². The second-order valence-corrected chi connectivity index (χ2v) is 11.7. The predicted molar refractivity (Wildman–Crippen MR) is 71.4 cm³/mol. The Hall–Kier alpha value is -0.353.